The van der Waals surface area contributed by atoms with E-state index in [0.717, 1.165) is 17.3 Å². The first-order valence-corrected chi connectivity index (χ1v) is 9.86. The smallest absolute Gasteiger partial charge is 0.290 e. The van der Waals surface area contributed by atoms with Gasteiger partial charge in [-0.1, -0.05) is 23.9 Å². The average molecular weight is 427 g/mol. The molecule has 2 heterocycles. The summed E-state index contributed by atoms with van der Waals surface area (Å²) in [5.74, 6) is -0.921. The van der Waals surface area contributed by atoms with Gasteiger partial charge in [-0.15, -0.1) is 5.10 Å². The number of H-pyrrole nitrogens is 1. The van der Waals surface area contributed by atoms with Crippen molar-refractivity contribution >= 4 is 23.2 Å². The van der Waals surface area contributed by atoms with Crippen molar-refractivity contribution in [1.29, 1.82) is 0 Å². The molecule has 2 aromatic heterocycles. The van der Waals surface area contributed by atoms with Gasteiger partial charge in [-0.2, -0.15) is 5.10 Å². The molecule has 0 bridgehead atoms. The zero-order valence-corrected chi connectivity index (χ0v) is 16.2. The van der Waals surface area contributed by atoms with Gasteiger partial charge in [0.25, 0.3) is 5.56 Å². The van der Waals surface area contributed by atoms with E-state index >= 15 is 0 Å². The van der Waals surface area contributed by atoms with E-state index in [0.29, 0.717) is 16.4 Å². The quantitative estimate of drug-likeness (QED) is 0.462. The normalized spacial score (nSPS) is 11.0. The number of amides is 1. The van der Waals surface area contributed by atoms with E-state index in [2.05, 4.69) is 20.6 Å². The Labute approximate surface area is 173 Å². The molecule has 0 aliphatic carbocycles. The van der Waals surface area contributed by atoms with E-state index < -0.39 is 5.56 Å². The topological polar surface area (TPSA) is 92.2 Å². The zero-order chi connectivity index (χ0) is 21.1. The van der Waals surface area contributed by atoms with Crippen LogP contribution in [0.5, 0.6) is 0 Å². The lowest BCUT2D eigenvalue weighted by Gasteiger charge is -2.06. The van der Waals surface area contributed by atoms with Gasteiger partial charge in [-0.05, 0) is 48.0 Å². The highest BCUT2D eigenvalue weighted by Gasteiger charge is 2.14. The molecule has 0 fully saturated rings. The molecular weight excluding hydrogens is 412 g/mol. The first-order valence-electron chi connectivity index (χ1n) is 8.88. The van der Waals surface area contributed by atoms with Crippen LogP contribution in [0.2, 0.25) is 0 Å². The van der Waals surface area contributed by atoms with Crippen LogP contribution in [0.3, 0.4) is 0 Å². The molecule has 4 rings (SSSR count). The minimum Gasteiger partial charge on any atom is -0.351 e. The summed E-state index contributed by atoms with van der Waals surface area (Å²) in [6.45, 7) is 0.268. The van der Waals surface area contributed by atoms with Gasteiger partial charge in [0.15, 0.2) is 0 Å². The first-order chi connectivity index (χ1) is 14.5. The summed E-state index contributed by atoms with van der Waals surface area (Å²) >= 11 is 1.10. The van der Waals surface area contributed by atoms with Crippen molar-refractivity contribution in [3.8, 4) is 11.3 Å². The lowest BCUT2D eigenvalue weighted by atomic mass is 10.1. The second kappa shape index (κ2) is 8.46. The fraction of sp³-hybridized carbons (Fsp3) is 0.100. The fourth-order valence-corrected chi connectivity index (χ4v) is 3.46. The molecule has 0 aliphatic heterocycles. The van der Waals surface area contributed by atoms with Crippen LogP contribution >= 0.6 is 11.8 Å². The monoisotopic (exact) mass is 427 g/mol. The van der Waals surface area contributed by atoms with Gasteiger partial charge in [-0.25, -0.2) is 18.4 Å². The van der Waals surface area contributed by atoms with E-state index in [4.69, 9.17) is 0 Å². The molecule has 1 amide bonds. The maximum absolute atomic E-state index is 13.2. The SMILES string of the molecule is O=C(CSc1n[nH]c(=O)c2cc(-c3ccc(F)cc3)nn12)NCc1ccc(F)cc1. The molecule has 0 saturated carbocycles. The van der Waals surface area contributed by atoms with Crippen molar-refractivity contribution in [1.82, 2.24) is 25.1 Å². The number of hydrogen-bond acceptors (Lipinski definition) is 5. The van der Waals surface area contributed by atoms with E-state index in [1.165, 1.54) is 28.8 Å². The van der Waals surface area contributed by atoms with E-state index in [1.54, 1.807) is 30.3 Å². The standard InChI is InChI=1S/C20H15F2N5O2S/c21-14-5-1-12(2-6-14)10-23-18(28)11-30-20-25-24-19(29)17-9-16(26-27(17)20)13-3-7-15(22)8-4-13/h1-9H,10-11H2,(H,23,28)(H,24,29). The molecular formula is C20H15F2N5O2S. The number of thioether (sulfide) groups is 1. The van der Waals surface area contributed by atoms with Crippen LogP contribution < -0.4 is 10.9 Å². The Morgan fingerprint density at radius 3 is 2.43 bits per heavy atom. The van der Waals surface area contributed by atoms with Crippen LogP contribution in [-0.2, 0) is 11.3 Å². The number of benzene rings is 2. The molecule has 0 atom stereocenters. The highest BCUT2D eigenvalue weighted by atomic mass is 32.2. The van der Waals surface area contributed by atoms with Gasteiger partial charge in [0.2, 0.25) is 11.1 Å². The van der Waals surface area contributed by atoms with Crippen molar-refractivity contribution < 1.29 is 13.6 Å². The highest BCUT2D eigenvalue weighted by Crippen LogP contribution is 2.21. The lowest BCUT2D eigenvalue weighted by Crippen LogP contribution is -2.25. The Bertz CT molecular complexity index is 1250. The summed E-state index contributed by atoms with van der Waals surface area (Å²) in [5.41, 5.74) is 1.73. The number of carbonyl (C=O) groups excluding carboxylic acids is 1. The Balaban J connectivity index is 1.47. The number of hydrogen-bond donors (Lipinski definition) is 2. The fourth-order valence-electron chi connectivity index (χ4n) is 2.73. The summed E-state index contributed by atoms with van der Waals surface area (Å²) in [4.78, 5) is 24.2. The van der Waals surface area contributed by atoms with Gasteiger partial charge in [0.05, 0.1) is 11.4 Å². The predicted molar refractivity (Wildman–Crippen MR) is 108 cm³/mol. The minimum atomic E-state index is -0.430. The third kappa shape index (κ3) is 4.38. The number of nitrogens with zero attached hydrogens (tertiary/aromatic N) is 3. The second-order valence-electron chi connectivity index (χ2n) is 6.36. The average Bonchev–Trinajstić information content (AvgIpc) is 3.20. The van der Waals surface area contributed by atoms with Crippen LogP contribution in [0, 0.1) is 11.6 Å². The van der Waals surface area contributed by atoms with Crippen molar-refractivity contribution in [2.75, 3.05) is 5.75 Å². The zero-order valence-electron chi connectivity index (χ0n) is 15.4. The van der Waals surface area contributed by atoms with Crippen molar-refractivity contribution in [3.05, 3.63) is 82.1 Å². The van der Waals surface area contributed by atoms with Crippen LogP contribution in [-0.4, -0.2) is 31.5 Å². The van der Waals surface area contributed by atoms with Crippen LogP contribution in [0.4, 0.5) is 8.78 Å². The molecule has 0 spiro atoms. The molecule has 2 aromatic carbocycles. The molecule has 0 saturated heterocycles. The number of aromatic nitrogens is 4. The van der Waals surface area contributed by atoms with Crippen LogP contribution in [0.15, 0.2) is 64.5 Å². The highest BCUT2D eigenvalue weighted by molar-refractivity contribution is 7.99. The van der Waals surface area contributed by atoms with Crippen molar-refractivity contribution in [2.45, 2.75) is 11.7 Å². The first kappa shape index (κ1) is 19.8. The van der Waals surface area contributed by atoms with Gasteiger partial charge >= 0.3 is 0 Å². The van der Waals surface area contributed by atoms with E-state index in [1.807, 2.05) is 0 Å². The van der Waals surface area contributed by atoms with Crippen molar-refractivity contribution in [3.63, 3.8) is 0 Å². The number of aromatic amines is 1. The minimum absolute atomic E-state index is 0.0427. The number of fused-ring (bicyclic) bond motifs is 1. The molecule has 0 unspecified atom stereocenters. The number of halogens is 2. The second-order valence-corrected chi connectivity index (χ2v) is 7.30. The molecule has 7 nitrogen and oxygen atoms in total. The molecule has 0 radical (unpaired) electrons. The van der Waals surface area contributed by atoms with E-state index in [-0.39, 0.29) is 35.4 Å². The maximum atomic E-state index is 13.2. The Kier molecular flexibility index (Phi) is 5.57. The molecule has 30 heavy (non-hydrogen) atoms. The summed E-state index contributed by atoms with van der Waals surface area (Å²) in [6.07, 6.45) is 0. The summed E-state index contributed by atoms with van der Waals surface area (Å²) in [6, 6.07) is 13.2. The Morgan fingerprint density at radius 2 is 1.73 bits per heavy atom. The Hall–Kier alpha value is -3.53. The van der Waals surface area contributed by atoms with Gasteiger partial charge in [0.1, 0.15) is 17.2 Å². The number of nitrogens with one attached hydrogen (secondary N) is 2. The largest absolute Gasteiger partial charge is 0.351 e. The predicted octanol–water partition coefficient (Wildman–Crippen LogP) is 2.77. The van der Waals surface area contributed by atoms with Crippen molar-refractivity contribution in [2.24, 2.45) is 0 Å². The number of carbonyl (C=O) groups is 1. The summed E-state index contributed by atoms with van der Waals surface area (Å²) < 4.78 is 27.4. The Morgan fingerprint density at radius 1 is 1.07 bits per heavy atom. The van der Waals surface area contributed by atoms with Gasteiger partial charge in [0, 0.05) is 12.1 Å². The molecule has 4 aromatic rings. The molecule has 0 aliphatic rings. The van der Waals surface area contributed by atoms with Gasteiger partial charge in [-0.3, -0.25) is 9.59 Å². The molecule has 152 valence electrons. The molecule has 10 heteroatoms. The van der Waals surface area contributed by atoms with E-state index in [9.17, 15) is 18.4 Å². The summed E-state index contributed by atoms with van der Waals surface area (Å²) in [7, 11) is 0. The lowest BCUT2D eigenvalue weighted by molar-refractivity contribution is -0.118. The molecule has 2 N–H and O–H groups in total. The van der Waals surface area contributed by atoms with Crippen LogP contribution in [0.25, 0.3) is 16.8 Å². The number of rotatable bonds is 6. The summed E-state index contributed by atoms with van der Waals surface area (Å²) in [5, 5.41) is 13.8. The third-order valence-electron chi connectivity index (χ3n) is 4.25. The van der Waals surface area contributed by atoms with Gasteiger partial charge < -0.3 is 5.32 Å². The van der Waals surface area contributed by atoms with Crippen LogP contribution in [0.1, 0.15) is 5.56 Å². The maximum Gasteiger partial charge on any atom is 0.290 e. The third-order valence-corrected chi connectivity index (χ3v) is 5.18.